The standard InChI is InChI=1S/C14H9NO2/c16-14-11-5-1-2-6-12(11)17-13(14)8-10-4-3-7-15-9-10/h1-9H. The van der Waals surface area contributed by atoms with Crippen LogP contribution in [-0.4, -0.2) is 10.8 Å². The molecule has 3 nitrogen and oxygen atoms in total. The van der Waals surface area contributed by atoms with Crippen molar-refractivity contribution in [1.29, 1.82) is 0 Å². The first-order valence-corrected chi connectivity index (χ1v) is 5.28. The van der Waals surface area contributed by atoms with Gasteiger partial charge in [0.15, 0.2) is 5.76 Å². The van der Waals surface area contributed by atoms with Gasteiger partial charge in [-0.1, -0.05) is 18.2 Å². The Labute approximate surface area is 98.4 Å². The molecular weight excluding hydrogens is 214 g/mol. The molecule has 82 valence electrons. The Balaban J connectivity index is 2.00. The van der Waals surface area contributed by atoms with Gasteiger partial charge in [0, 0.05) is 12.4 Å². The van der Waals surface area contributed by atoms with Crippen LogP contribution in [0.4, 0.5) is 0 Å². The highest BCUT2D eigenvalue weighted by Gasteiger charge is 2.26. The third-order valence-corrected chi connectivity index (χ3v) is 2.56. The van der Waals surface area contributed by atoms with E-state index in [0.29, 0.717) is 17.1 Å². The van der Waals surface area contributed by atoms with Gasteiger partial charge in [-0.3, -0.25) is 9.78 Å². The van der Waals surface area contributed by atoms with Crippen LogP contribution < -0.4 is 4.74 Å². The van der Waals surface area contributed by atoms with Crippen LogP contribution in [0.25, 0.3) is 6.08 Å². The van der Waals surface area contributed by atoms with Crippen molar-refractivity contribution in [3.05, 3.63) is 65.7 Å². The van der Waals surface area contributed by atoms with Crippen LogP contribution in [0.1, 0.15) is 15.9 Å². The molecule has 0 atom stereocenters. The molecule has 2 aromatic rings. The molecule has 0 saturated carbocycles. The van der Waals surface area contributed by atoms with E-state index in [-0.39, 0.29) is 5.78 Å². The number of benzene rings is 1. The number of carbonyl (C=O) groups is 1. The minimum Gasteiger partial charge on any atom is -0.452 e. The van der Waals surface area contributed by atoms with E-state index in [1.807, 2.05) is 24.3 Å². The summed E-state index contributed by atoms with van der Waals surface area (Å²) in [5.74, 6) is 0.885. The number of allylic oxidation sites excluding steroid dienone is 1. The predicted octanol–water partition coefficient (Wildman–Crippen LogP) is 2.70. The van der Waals surface area contributed by atoms with Gasteiger partial charge >= 0.3 is 0 Å². The van der Waals surface area contributed by atoms with Crippen molar-refractivity contribution in [3.63, 3.8) is 0 Å². The third kappa shape index (κ3) is 1.72. The summed E-state index contributed by atoms with van der Waals surface area (Å²) in [4.78, 5) is 16.0. The summed E-state index contributed by atoms with van der Waals surface area (Å²) in [6, 6.07) is 10.9. The second-order valence-corrected chi connectivity index (χ2v) is 3.72. The van der Waals surface area contributed by atoms with Crippen molar-refractivity contribution in [2.75, 3.05) is 0 Å². The van der Waals surface area contributed by atoms with Gasteiger partial charge in [0.1, 0.15) is 5.75 Å². The van der Waals surface area contributed by atoms with Gasteiger partial charge < -0.3 is 4.74 Å². The molecule has 0 saturated heterocycles. The van der Waals surface area contributed by atoms with Crippen molar-refractivity contribution >= 4 is 11.9 Å². The minimum absolute atomic E-state index is 0.0792. The predicted molar refractivity (Wildman–Crippen MR) is 63.6 cm³/mol. The first-order valence-electron chi connectivity index (χ1n) is 5.28. The second kappa shape index (κ2) is 3.87. The molecule has 0 bridgehead atoms. The average Bonchev–Trinajstić information content (AvgIpc) is 2.68. The maximum atomic E-state index is 12.0. The van der Waals surface area contributed by atoms with Crippen LogP contribution in [0.2, 0.25) is 0 Å². The topological polar surface area (TPSA) is 39.2 Å². The quantitative estimate of drug-likeness (QED) is 0.698. The summed E-state index contributed by atoms with van der Waals surface area (Å²) in [5.41, 5.74) is 1.46. The number of ether oxygens (including phenoxy) is 1. The smallest absolute Gasteiger partial charge is 0.231 e. The molecule has 17 heavy (non-hydrogen) atoms. The Kier molecular flexibility index (Phi) is 2.22. The highest BCUT2D eigenvalue weighted by Crippen LogP contribution is 2.31. The Hall–Kier alpha value is -2.42. The molecule has 1 aliphatic rings. The number of fused-ring (bicyclic) bond motifs is 1. The van der Waals surface area contributed by atoms with E-state index in [0.717, 1.165) is 5.56 Å². The normalized spacial score (nSPS) is 15.8. The lowest BCUT2D eigenvalue weighted by Gasteiger charge is -1.97. The van der Waals surface area contributed by atoms with Crippen LogP contribution in [0.15, 0.2) is 54.6 Å². The Morgan fingerprint density at radius 1 is 1.12 bits per heavy atom. The summed E-state index contributed by atoms with van der Waals surface area (Å²) < 4.78 is 5.51. The lowest BCUT2D eigenvalue weighted by atomic mass is 10.1. The monoisotopic (exact) mass is 223 g/mol. The number of para-hydroxylation sites is 1. The molecule has 1 aromatic carbocycles. The van der Waals surface area contributed by atoms with Crippen molar-refractivity contribution in [1.82, 2.24) is 4.98 Å². The molecular formula is C14H9NO2. The van der Waals surface area contributed by atoms with Crippen molar-refractivity contribution in [3.8, 4) is 5.75 Å². The number of aromatic nitrogens is 1. The molecule has 0 N–H and O–H groups in total. The van der Waals surface area contributed by atoms with Crippen LogP contribution >= 0.6 is 0 Å². The largest absolute Gasteiger partial charge is 0.452 e. The lowest BCUT2D eigenvalue weighted by Crippen LogP contribution is -1.97. The van der Waals surface area contributed by atoms with E-state index in [4.69, 9.17) is 4.74 Å². The van der Waals surface area contributed by atoms with Crippen molar-refractivity contribution < 1.29 is 9.53 Å². The maximum Gasteiger partial charge on any atom is 0.231 e. The molecule has 0 aliphatic carbocycles. The SMILES string of the molecule is O=C1C(=Cc2cccnc2)Oc2ccccc21. The van der Waals surface area contributed by atoms with Gasteiger partial charge in [-0.2, -0.15) is 0 Å². The van der Waals surface area contributed by atoms with Gasteiger partial charge in [0.05, 0.1) is 5.56 Å². The molecule has 0 amide bonds. The number of nitrogens with zero attached hydrogens (tertiary/aromatic N) is 1. The van der Waals surface area contributed by atoms with Gasteiger partial charge in [-0.05, 0) is 29.8 Å². The summed E-state index contributed by atoms with van der Waals surface area (Å²) in [6.45, 7) is 0. The molecule has 0 fully saturated rings. The van der Waals surface area contributed by atoms with E-state index in [1.54, 1.807) is 30.6 Å². The highest BCUT2D eigenvalue weighted by molar-refractivity contribution is 6.14. The summed E-state index contributed by atoms with van der Waals surface area (Å²) in [5, 5.41) is 0. The summed E-state index contributed by atoms with van der Waals surface area (Å²) in [7, 11) is 0. The van der Waals surface area contributed by atoms with Crippen LogP contribution in [0, 0.1) is 0 Å². The van der Waals surface area contributed by atoms with Gasteiger partial charge in [-0.15, -0.1) is 0 Å². The molecule has 0 unspecified atom stereocenters. The molecule has 3 rings (SSSR count). The average molecular weight is 223 g/mol. The maximum absolute atomic E-state index is 12.0. The first-order chi connectivity index (χ1) is 8.34. The number of hydrogen-bond acceptors (Lipinski definition) is 3. The fourth-order valence-corrected chi connectivity index (χ4v) is 1.75. The number of hydrogen-bond donors (Lipinski definition) is 0. The molecule has 1 aromatic heterocycles. The lowest BCUT2D eigenvalue weighted by molar-refractivity contribution is 0.101. The molecule has 3 heteroatoms. The Morgan fingerprint density at radius 2 is 2.00 bits per heavy atom. The zero-order valence-electron chi connectivity index (χ0n) is 8.96. The molecule has 0 radical (unpaired) electrons. The van der Waals surface area contributed by atoms with Crippen molar-refractivity contribution in [2.24, 2.45) is 0 Å². The number of pyridine rings is 1. The third-order valence-electron chi connectivity index (χ3n) is 2.56. The first kappa shape index (κ1) is 9.78. The summed E-state index contributed by atoms with van der Waals surface area (Å²) >= 11 is 0. The van der Waals surface area contributed by atoms with Gasteiger partial charge in [0.25, 0.3) is 0 Å². The van der Waals surface area contributed by atoms with Gasteiger partial charge in [-0.25, -0.2) is 0 Å². The number of rotatable bonds is 1. The van der Waals surface area contributed by atoms with E-state index in [9.17, 15) is 4.79 Å². The van der Waals surface area contributed by atoms with Crippen molar-refractivity contribution in [2.45, 2.75) is 0 Å². The molecule has 1 aliphatic heterocycles. The van der Waals surface area contributed by atoms with E-state index in [1.165, 1.54) is 0 Å². The summed E-state index contributed by atoms with van der Waals surface area (Å²) in [6.07, 6.45) is 5.08. The van der Waals surface area contributed by atoms with Gasteiger partial charge in [0.2, 0.25) is 5.78 Å². The number of ketones is 1. The Bertz CT molecular complexity index is 603. The fraction of sp³-hybridized carbons (Fsp3) is 0. The number of carbonyl (C=O) groups excluding carboxylic acids is 1. The van der Waals surface area contributed by atoms with E-state index >= 15 is 0 Å². The minimum atomic E-state index is -0.0792. The van der Waals surface area contributed by atoms with Crippen LogP contribution in [0.5, 0.6) is 5.75 Å². The van der Waals surface area contributed by atoms with Crippen LogP contribution in [0.3, 0.4) is 0 Å². The zero-order valence-corrected chi connectivity index (χ0v) is 8.96. The molecule has 2 heterocycles. The second-order valence-electron chi connectivity index (χ2n) is 3.72. The van der Waals surface area contributed by atoms with E-state index < -0.39 is 0 Å². The van der Waals surface area contributed by atoms with E-state index in [2.05, 4.69) is 4.98 Å². The molecule has 0 spiro atoms. The highest BCUT2D eigenvalue weighted by atomic mass is 16.5. The number of Topliss-reactive ketones (excluding diaryl/α,β-unsaturated/α-hetero) is 1. The fourth-order valence-electron chi connectivity index (χ4n) is 1.75. The Morgan fingerprint density at radius 3 is 2.76 bits per heavy atom. The zero-order chi connectivity index (χ0) is 11.7. The van der Waals surface area contributed by atoms with Crippen LogP contribution in [-0.2, 0) is 0 Å².